The van der Waals surface area contributed by atoms with Gasteiger partial charge < -0.3 is 4.74 Å². The summed E-state index contributed by atoms with van der Waals surface area (Å²) in [6.45, 7) is 2.14. The van der Waals surface area contributed by atoms with Crippen molar-refractivity contribution in [3.63, 3.8) is 0 Å². The number of hydrogen-bond donors (Lipinski definition) is 0. The van der Waals surface area contributed by atoms with E-state index in [9.17, 15) is 4.79 Å². The molecular formula is C20H17BrN2O2. The molecule has 0 radical (unpaired) electrons. The lowest BCUT2D eigenvalue weighted by molar-refractivity contribution is -0.137. The molecule has 4 nitrogen and oxygen atoms in total. The molecular weight excluding hydrogens is 380 g/mol. The number of nitrogens with zero attached hydrogens (tertiary/aromatic N) is 2. The Hall–Kier alpha value is -2.66. The lowest BCUT2D eigenvalue weighted by atomic mass is 10.1. The van der Waals surface area contributed by atoms with Crippen molar-refractivity contribution >= 4 is 28.0 Å². The fraction of sp³-hybridized carbons (Fsp3) is 0.100. The van der Waals surface area contributed by atoms with E-state index in [4.69, 9.17) is 9.84 Å². The van der Waals surface area contributed by atoms with Gasteiger partial charge in [0.05, 0.1) is 18.0 Å². The Labute approximate surface area is 154 Å². The predicted octanol–water partition coefficient (Wildman–Crippen LogP) is 4.88. The van der Waals surface area contributed by atoms with Crippen molar-refractivity contribution in [1.82, 2.24) is 9.78 Å². The van der Waals surface area contributed by atoms with Crippen LogP contribution in [0.3, 0.4) is 0 Å². The van der Waals surface area contributed by atoms with E-state index in [-0.39, 0.29) is 5.97 Å². The highest BCUT2D eigenvalue weighted by atomic mass is 79.9. The molecule has 126 valence electrons. The highest BCUT2D eigenvalue weighted by Gasteiger charge is 2.11. The van der Waals surface area contributed by atoms with Crippen LogP contribution in [0.4, 0.5) is 0 Å². The summed E-state index contributed by atoms with van der Waals surface area (Å²) >= 11 is 3.49. The minimum atomic E-state index is -0.366. The molecule has 0 N–H and O–H groups in total. The van der Waals surface area contributed by atoms with Crippen molar-refractivity contribution in [3.8, 4) is 16.9 Å². The van der Waals surface area contributed by atoms with Gasteiger partial charge in [0, 0.05) is 27.9 Å². The number of ether oxygens (including phenoxy) is 1. The number of para-hydroxylation sites is 1. The Kier molecular flexibility index (Phi) is 5.46. The largest absolute Gasteiger partial charge is 0.463 e. The first kappa shape index (κ1) is 17.2. The summed E-state index contributed by atoms with van der Waals surface area (Å²) in [4.78, 5) is 11.7. The van der Waals surface area contributed by atoms with E-state index < -0.39 is 0 Å². The molecule has 25 heavy (non-hydrogen) atoms. The van der Waals surface area contributed by atoms with E-state index in [0.29, 0.717) is 6.61 Å². The van der Waals surface area contributed by atoms with Gasteiger partial charge in [-0.3, -0.25) is 0 Å². The maximum absolute atomic E-state index is 11.7. The van der Waals surface area contributed by atoms with Crippen LogP contribution in [0, 0.1) is 0 Å². The van der Waals surface area contributed by atoms with Crippen LogP contribution < -0.4 is 0 Å². The van der Waals surface area contributed by atoms with E-state index in [2.05, 4.69) is 15.9 Å². The molecule has 3 rings (SSSR count). The maximum atomic E-state index is 11.7. The average Bonchev–Trinajstić information content (AvgIpc) is 3.05. The second-order valence-corrected chi connectivity index (χ2v) is 6.22. The second-order valence-electron chi connectivity index (χ2n) is 5.31. The van der Waals surface area contributed by atoms with Gasteiger partial charge in [-0.05, 0) is 37.3 Å². The van der Waals surface area contributed by atoms with E-state index in [1.54, 1.807) is 17.7 Å². The van der Waals surface area contributed by atoms with Crippen molar-refractivity contribution < 1.29 is 9.53 Å². The minimum absolute atomic E-state index is 0.352. The SMILES string of the molecule is CCOC(=O)C=Cc1cn(-c2ccccc2)nc1-c1cccc(Br)c1. The summed E-state index contributed by atoms with van der Waals surface area (Å²) in [6.07, 6.45) is 5.07. The van der Waals surface area contributed by atoms with Gasteiger partial charge in [0.1, 0.15) is 0 Å². The summed E-state index contributed by atoms with van der Waals surface area (Å²) in [7, 11) is 0. The third-order valence-electron chi connectivity index (χ3n) is 3.55. The second kappa shape index (κ2) is 7.94. The van der Waals surface area contributed by atoms with Gasteiger partial charge in [0.25, 0.3) is 0 Å². The predicted molar refractivity (Wildman–Crippen MR) is 102 cm³/mol. The molecule has 5 heteroatoms. The standard InChI is InChI=1S/C20H17BrN2O2/c1-2-25-19(24)12-11-16-14-23(18-9-4-3-5-10-18)22-20(16)15-7-6-8-17(21)13-15/h3-14H,2H2,1H3. The molecule has 0 amide bonds. The fourth-order valence-corrected chi connectivity index (χ4v) is 2.83. The number of benzene rings is 2. The van der Waals surface area contributed by atoms with Gasteiger partial charge in [-0.2, -0.15) is 5.10 Å². The molecule has 2 aromatic carbocycles. The molecule has 0 unspecified atom stereocenters. The van der Waals surface area contributed by atoms with Crippen LogP contribution in [-0.4, -0.2) is 22.4 Å². The number of carbonyl (C=O) groups excluding carboxylic acids is 1. The quantitative estimate of drug-likeness (QED) is 0.456. The number of aromatic nitrogens is 2. The van der Waals surface area contributed by atoms with E-state index >= 15 is 0 Å². The Balaban J connectivity index is 2.05. The van der Waals surface area contributed by atoms with Crippen LogP contribution in [0.2, 0.25) is 0 Å². The first-order chi connectivity index (χ1) is 12.2. The number of esters is 1. The van der Waals surface area contributed by atoms with Gasteiger partial charge >= 0.3 is 5.97 Å². The summed E-state index contributed by atoms with van der Waals surface area (Å²) in [6, 6.07) is 17.8. The van der Waals surface area contributed by atoms with Crippen molar-refractivity contribution in [2.24, 2.45) is 0 Å². The lowest BCUT2D eigenvalue weighted by Crippen LogP contribution is -1.98. The first-order valence-corrected chi connectivity index (χ1v) is 8.72. The highest BCUT2D eigenvalue weighted by Crippen LogP contribution is 2.27. The lowest BCUT2D eigenvalue weighted by Gasteiger charge is -2.01. The van der Waals surface area contributed by atoms with Gasteiger partial charge in [0.2, 0.25) is 0 Å². The Morgan fingerprint density at radius 3 is 2.72 bits per heavy atom. The first-order valence-electron chi connectivity index (χ1n) is 7.93. The molecule has 1 aromatic heterocycles. The van der Waals surface area contributed by atoms with Crippen LogP contribution in [0.15, 0.2) is 71.3 Å². The monoisotopic (exact) mass is 396 g/mol. The van der Waals surface area contributed by atoms with Gasteiger partial charge in [-0.1, -0.05) is 46.3 Å². The summed E-state index contributed by atoms with van der Waals surface area (Å²) in [5, 5.41) is 4.71. The van der Waals surface area contributed by atoms with Crippen LogP contribution in [0.1, 0.15) is 12.5 Å². The summed E-state index contributed by atoms with van der Waals surface area (Å²) in [5.41, 5.74) is 3.56. The van der Waals surface area contributed by atoms with Crippen molar-refractivity contribution in [1.29, 1.82) is 0 Å². The minimum Gasteiger partial charge on any atom is -0.463 e. The fourth-order valence-electron chi connectivity index (χ4n) is 2.43. The van der Waals surface area contributed by atoms with E-state index in [1.165, 1.54) is 6.08 Å². The topological polar surface area (TPSA) is 44.1 Å². The number of rotatable bonds is 5. The van der Waals surface area contributed by atoms with Gasteiger partial charge in [-0.15, -0.1) is 0 Å². The molecule has 0 atom stereocenters. The molecule has 1 heterocycles. The van der Waals surface area contributed by atoms with E-state index in [1.807, 2.05) is 60.8 Å². The van der Waals surface area contributed by atoms with Crippen LogP contribution in [0.5, 0.6) is 0 Å². The van der Waals surface area contributed by atoms with Crippen LogP contribution >= 0.6 is 15.9 Å². The number of halogens is 1. The molecule has 0 saturated carbocycles. The molecule has 0 aliphatic carbocycles. The molecule has 0 aliphatic rings. The van der Waals surface area contributed by atoms with Crippen LogP contribution in [0.25, 0.3) is 23.0 Å². The van der Waals surface area contributed by atoms with Gasteiger partial charge in [0.15, 0.2) is 0 Å². The van der Waals surface area contributed by atoms with Crippen molar-refractivity contribution in [2.45, 2.75) is 6.92 Å². The zero-order valence-corrected chi connectivity index (χ0v) is 15.3. The third kappa shape index (κ3) is 4.25. The molecule has 0 fully saturated rings. The summed E-state index contributed by atoms with van der Waals surface area (Å²) < 4.78 is 7.74. The molecule has 3 aromatic rings. The number of hydrogen-bond acceptors (Lipinski definition) is 3. The molecule has 0 bridgehead atoms. The smallest absolute Gasteiger partial charge is 0.330 e. The zero-order valence-electron chi connectivity index (χ0n) is 13.7. The highest BCUT2D eigenvalue weighted by molar-refractivity contribution is 9.10. The average molecular weight is 397 g/mol. The van der Waals surface area contributed by atoms with Crippen molar-refractivity contribution in [2.75, 3.05) is 6.61 Å². The Morgan fingerprint density at radius 1 is 1.20 bits per heavy atom. The molecule has 0 saturated heterocycles. The maximum Gasteiger partial charge on any atom is 0.330 e. The van der Waals surface area contributed by atoms with Crippen LogP contribution in [-0.2, 0) is 9.53 Å². The molecule has 0 spiro atoms. The van der Waals surface area contributed by atoms with Crippen molar-refractivity contribution in [3.05, 3.63) is 76.9 Å². The molecule has 0 aliphatic heterocycles. The van der Waals surface area contributed by atoms with E-state index in [0.717, 1.165) is 27.0 Å². The summed E-state index contributed by atoms with van der Waals surface area (Å²) in [5.74, 6) is -0.366. The Bertz CT molecular complexity index is 901. The zero-order chi connectivity index (χ0) is 17.6. The Morgan fingerprint density at radius 2 is 2.00 bits per heavy atom. The normalized spacial score (nSPS) is 11.0. The van der Waals surface area contributed by atoms with Gasteiger partial charge in [-0.25, -0.2) is 9.48 Å². The number of carbonyl (C=O) groups is 1. The third-order valence-corrected chi connectivity index (χ3v) is 4.04.